The number of fused-ring (bicyclic) bond motifs is 3. The molecule has 5 heterocycles. The summed E-state index contributed by atoms with van der Waals surface area (Å²) in [5.41, 5.74) is 0.394. The molecule has 4 aliphatic rings. The van der Waals surface area contributed by atoms with Gasteiger partial charge in [-0.2, -0.15) is 0 Å². The van der Waals surface area contributed by atoms with Gasteiger partial charge < -0.3 is 35.4 Å². The molecule has 0 radical (unpaired) electrons. The first kappa shape index (κ1) is 28.6. The van der Waals surface area contributed by atoms with E-state index in [-0.39, 0.29) is 56.0 Å². The lowest BCUT2D eigenvalue weighted by Crippen LogP contribution is -2.58. The van der Waals surface area contributed by atoms with Crippen molar-refractivity contribution in [1.29, 1.82) is 0 Å². The molecular weight excluding hydrogens is 549 g/mol. The van der Waals surface area contributed by atoms with Crippen LogP contribution in [0.3, 0.4) is 0 Å². The van der Waals surface area contributed by atoms with Crippen LogP contribution in [0.1, 0.15) is 38.1 Å². The van der Waals surface area contributed by atoms with E-state index in [9.17, 15) is 29.0 Å². The molecular formula is C28H36FN7O6. The number of ether oxygens (including phenoxy) is 1. The second-order valence-electron chi connectivity index (χ2n) is 12.0. The molecule has 4 N–H and O–H groups in total. The number of amides is 3. The molecule has 14 heteroatoms. The van der Waals surface area contributed by atoms with Crippen LogP contribution in [-0.2, 0) is 19.1 Å². The molecule has 6 rings (SSSR count). The molecule has 13 nitrogen and oxygen atoms in total. The third kappa shape index (κ3) is 5.63. The minimum Gasteiger partial charge on any atom is -0.388 e. The van der Waals surface area contributed by atoms with Gasteiger partial charge in [0.1, 0.15) is 35.9 Å². The van der Waals surface area contributed by atoms with Crippen LogP contribution in [0.5, 0.6) is 0 Å². The number of likely N-dealkylation sites (tertiary alicyclic amines) is 1. The Morgan fingerprint density at radius 2 is 1.79 bits per heavy atom. The fourth-order valence-electron chi connectivity index (χ4n) is 6.53. The molecule has 3 amide bonds. The van der Waals surface area contributed by atoms with Gasteiger partial charge in [-0.3, -0.25) is 14.4 Å². The number of nitrogens with zero attached hydrogens (tertiary/aromatic N) is 5. The highest BCUT2D eigenvalue weighted by atomic mass is 19.1. The van der Waals surface area contributed by atoms with Crippen LogP contribution >= 0.6 is 0 Å². The maximum Gasteiger partial charge on any atom is 0.242 e. The van der Waals surface area contributed by atoms with E-state index in [1.54, 1.807) is 27.9 Å². The topological polar surface area (TPSA) is 162 Å². The zero-order chi connectivity index (χ0) is 29.6. The summed E-state index contributed by atoms with van der Waals surface area (Å²) in [5.74, 6) is -1.38. The lowest BCUT2D eigenvalue weighted by Gasteiger charge is -2.42. The highest BCUT2D eigenvalue weighted by Gasteiger charge is 2.48. The Bertz CT molecular complexity index is 1330. The van der Waals surface area contributed by atoms with Gasteiger partial charge in [0.05, 0.1) is 36.7 Å². The zero-order valence-corrected chi connectivity index (χ0v) is 23.4. The third-order valence-corrected chi connectivity index (χ3v) is 9.09. The first-order chi connectivity index (χ1) is 20.1. The molecule has 4 fully saturated rings. The molecule has 0 aliphatic carbocycles. The van der Waals surface area contributed by atoms with Gasteiger partial charge in [-0.1, -0.05) is 5.21 Å². The Labute approximate surface area is 242 Å². The lowest BCUT2D eigenvalue weighted by atomic mass is 9.83. The molecule has 2 aromatic rings. The summed E-state index contributed by atoms with van der Waals surface area (Å²) in [6.45, 7) is 1.46. The van der Waals surface area contributed by atoms with Crippen molar-refractivity contribution in [3.05, 3.63) is 36.3 Å². The molecule has 0 saturated carbocycles. The molecule has 1 aromatic carbocycles. The van der Waals surface area contributed by atoms with Crippen molar-refractivity contribution in [2.75, 3.05) is 33.2 Å². The summed E-state index contributed by atoms with van der Waals surface area (Å²) in [6.07, 6.45) is -1.50. The number of hydrogen-bond acceptors (Lipinski definition) is 9. The van der Waals surface area contributed by atoms with Crippen LogP contribution in [-0.4, -0.2) is 122 Å². The van der Waals surface area contributed by atoms with E-state index in [1.165, 1.54) is 12.1 Å². The van der Waals surface area contributed by atoms with Gasteiger partial charge in [-0.25, -0.2) is 9.07 Å². The number of aliphatic hydroxyl groups is 2. The largest absolute Gasteiger partial charge is 0.388 e. The van der Waals surface area contributed by atoms with E-state index in [4.69, 9.17) is 4.74 Å². The Morgan fingerprint density at radius 3 is 2.52 bits per heavy atom. The molecule has 226 valence electrons. The van der Waals surface area contributed by atoms with Crippen LogP contribution < -0.4 is 10.6 Å². The fourth-order valence-corrected chi connectivity index (χ4v) is 6.53. The summed E-state index contributed by atoms with van der Waals surface area (Å²) >= 11 is 0. The highest BCUT2D eigenvalue weighted by molar-refractivity contribution is 5.89. The number of carbonyl (C=O) groups is 3. The Balaban J connectivity index is 1.28. The molecule has 6 atom stereocenters. The van der Waals surface area contributed by atoms with Crippen molar-refractivity contribution < 1.29 is 33.7 Å². The standard InChI is InChI=1S/C28H36FN7O6/c1-34-8-6-28(7-9-34)12-24(38)35-14-18(36-15-19(32-33-36)16-2-4-17(29)5-3-16)10-20(35)27(41)30-13-22-26(40)25(39)21(42-22)11-23(37)31-28/h2-5,15,18,20-22,25-26,39-40H,6-14H2,1H3,(H,30,41)(H,31,37)/t18-,20-,21-,22+,25?,26?/m0/s1. The molecule has 4 aliphatic heterocycles. The van der Waals surface area contributed by atoms with Gasteiger partial charge >= 0.3 is 0 Å². The first-order valence-corrected chi connectivity index (χ1v) is 14.4. The number of aromatic nitrogens is 3. The number of aliphatic hydroxyl groups excluding tert-OH is 2. The summed E-state index contributed by atoms with van der Waals surface area (Å²) in [4.78, 5) is 44.3. The monoisotopic (exact) mass is 585 g/mol. The second kappa shape index (κ2) is 11.3. The average Bonchev–Trinajstić information content (AvgIpc) is 3.69. The summed E-state index contributed by atoms with van der Waals surface area (Å²) in [7, 11) is 1.98. The van der Waals surface area contributed by atoms with Crippen molar-refractivity contribution in [2.24, 2.45) is 0 Å². The van der Waals surface area contributed by atoms with Crippen molar-refractivity contribution in [3.63, 3.8) is 0 Å². The van der Waals surface area contributed by atoms with Gasteiger partial charge in [-0.15, -0.1) is 5.10 Å². The number of hydrogen-bond donors (Lipinski definition) is 4. The van der Waals surface area contributed by atoms with E-state index >= 15 is 0 Å². The van der Waals surface area contributed by atoms with Crippen LogP contribution in [0.15, 0.2) is 30.5 Å². The highest BCUT2D eigenvalue weighted by Crippen LogP contribution is 2.33. The Kier molecular flexibility index (Phi) is 7.72. The van der Waals surface area contributed by atoms with Gasteiger partial charge in [-0.05, 0) is 44.2 Å². The van der Waals surface area contributed by atoms with Gasteiger partial charge in [0.2, 0.25) is 17.7 Å². The fraction of sp³-hybridized carbons (Fsp3) is 0.607. The number of benzene rings is 1. The van der Waals surface area contributed by atoms with Crippen LogP contribution in [0.2, 0.25) is 0 Å². The van der Waals surface area contributed by atoms with E-state index in [0.717, 1.165) is 0 Å². The van der Waals surface area contributed by atoms with Crippen molar-refractivity contribution >= 4 is 17.7 Å². The quantitative estimate of drug-likeness (QED) is 0.354. The summed E-state index contributed by atoms with van der Waals surface area (Å²) in [5, 5.41) is 35.4. The smallest absolute Gasteiger partial charge is 0.242 e. The van der Waals surface area contributed by atoms with Crippen LogP contribution in [0, 0.1) is 5.82 Å². The molecule has 1 spiro atoms. The van der Waals surface area contributed by atoms with Crippen molar-refractivity contribution in [2.45, 2.75) is 74.1 Å². The van der Waals surface area contributed by atoms with Crippen LogP contribution in [0.4, 0.5) is 4.39 Å². The Morgan fingerprint density at radius 1 is 1.07 bits per heavy atom. The van der Waals surface area contributed by atoms with E-state index in [1.807, 2.05) is 7.05 Å². The second-order valence-corrected chi connectivity index (χ2v) is 12.0. The van der Waals surface area contributed by atoms with Crippen molar-refractivity contribution in [1.82, 2.24) is 35.4 Å². The van der Waals surface area contributed by atoms with Crippen LogP contribution in [0.25, 0.3) is 11.3 Å². The molecule has 4 saturated heterocycles. The maximum atomic E-state index is 13.9. The number of rotatable bonds is 2. The predicted molar refractivity (Wildman–Crippen MR) is 145 cm³/mol. The van der Waals surface area contributed by atoms with Crippen molar-refractivity contribution in [3.8, 4) is 11.3 Å². The van der Waals surface area contributed by atoms with Gasteiger partial charge in [0.25, 0.3) is 0 Å². The SMILES string of the molecule is CN1CCC2(CC1)CC(=O)N1C[C@@H](n3cc(-c4ccc(F)cc4)nn3)C[C@H]1C(=O)NC[C@H]1O[C@@H](CC(=O)N2)C(O)C1O. The minimum absolute atomic E-state index is 0.0145. The number of halogens is 1. The average molecular weight is 586 g/mol. The molecule has 2 unspecified atom stereocenters. The Hall–Kier alpha value is -3.46. The maximum absolute atomic E-state index is 13.9. The third-order valence-electron chi connectivity index (χ3n) is 9.09. The number of nitrogens with one attached hydrogen (secondary N) is 2. The summed E-state index contributed by atoms with van der Waals surface area (Å²) < 4.78 is 20.8. The van der Waals surface area contributed by atoms with E-state index in [0.29, 0.717) is 37.2 Å². The number of piperidine rings is 1. The summed E-state index contributed by atoms with van der Waals surface area (Å²) in [6, 6.07) is 4.70. The molecule has 1 aromatic heterocycles. The molecule has 42 heavy (non-hydrogen) atoms. The van der Waals surface area contributed by atoms with E-state index < -0.39 is 41.9 Å². The van der Waals surface area contributed by atoms with Gasteiger partial charge in [0.15, 0.2) is 0 Å². The van der Waals surface area contributed by atoms with E-state index in [2.05, 4.69) is 25.8 Å². The first-order valence-electron chi connectivity index (χ1n) is 14.4. The van der Waals surface area contributed by atoms with Gasteiger partial charge in [0, 0.05) is 38.2 Å². The minimum atomic E-state index is -1.28. The number of carbonyl (C=O) groups excluding carboxylic acids is 3. The lowest BCUT2D eigenvalue weighted by molar-refractivity contribution is -0.141. The predicted octanol–water partition coefficient (Wildman–Crippen LogP) is -0.794. The zero-order valence-electron chi connectivity index (χ0n) is 23.4. The normalized spacial score (nSPS) is 32.4. The molecule has 2 bridgehead atoms.